The Kier molecular flexibility index (Phi) is 4.57. The van der Waals surface area contributed by atoms with Crippen LogP contribution in [0.25, 0.3) is 0 Å². The molecule has 0 spiro atoms. The van der Waals surface area contributed by atoms with E-state index in [9.17, 15) is 14.4 Å². The number of Topliss-reactive ketones (excluding diaryl/α,β-unsaturated/α-hetero) is 2. The highest BCUT2D eigenvalue weighted by Gasteiger charge is 2.14. The predicted octanol–water partition coefficient (Wildman–Crippen LogP) is 1.56. The molecule has 0 aliphatic carbocycles. The Morgan fingerprint density at radius 3 is 2.41 bits per heavy atom. The van der Waals surface area contributed by atoms with Gasteiger partial charge in [0.25, 0.3) is 0 Å². The van der Waals surface area contributed by atoms with Crippen LogP contribution in [0.15, 0.2) is 24.3 Å². The van der Waals surface area contributed by atoms with Gasteiger partial charge < -0.3 is 4.74 Å². The molecule has 0 saturated carbocycles. The molecule has 0 atom stereocenters. The van der Waals surface area contributed by atoms with Crippen molar-refractivity contribution in [1.29, 1.82) is 0 Å². The Labute approximate surface area is 99.6 Å². The highest BCUT2D eigenvalue weighted by molar-refractivity contribution is 6.00. The van der Waals surface area contributed by atoms with Crippen LogP contribution in [0.2, 0.25) is 0 Å². The van der Waals surface area contributed by atoms with E-state index in [1.54, 1.807) is 24.3 Å². The van der Waals surface area contributed by atoms with E-state index in [1.165, 1.54) is 14.0 Å². The molecule has 0 bridgehead atoms. The van der Waals surface area contributed by atoms with Gasteiger partial charge in [0.2, 0.25) is 0 Å². The first-order chi connectivity index (χ1) is 8.04. The van der Waals surface area contributed by atoms with E-state index in [1.807, 2.05) is 0 Å². The number of methoxy groups -OCH3 is 1. The van der Waals surface area contributed by atoms with E-state index in [0.717, 1.165) is 0 Å². The maximum Gasteiger partial charge on any atom is 0.338 e. The lowest BCUT2D eigenvalue weighted by Gasteiger charge is -2.06. The van der Waals surface area contributed by atoms with Gasteiger partial charge in [0.1, 0.15) is 11.6 Å². The number of ketones is 2. The average Bonchev–Trinajstić information content (AvgIpc) is 2.27. The molecule has 1 aromatic carbocycles. The van der Waals surface area contributed by atoms with E-state index in [2.05, 4.69) is 4.74 Å². The van der Waals surface area contributed by atoms with E-state index >= 15 is 0 Å². The summed E-state index contributed by atoms with van der Waals surface area (Å²) in [6.45, 7) is 1.37. The van der Waals surface area contributed by atoms with Crippen LogP contribution in [0.1, 0.15) is 29.3 Å². The van der Waals surface area contributed by atoms with Gasteiger partial charge in [-0.3, -0.25) is 9.59 Å². The molecule has 0 aromatic heterocycles. The molecule has 17 heavy (non-hydrogen) atoms. The summed E-state index contributed by atoms with van der Waals surface area (Å²) in [5.74, 6) is -0.851. The SMILES string of the molecule is COC(=O)c1ccccc1CC(=O)CC(C)=O. The van der Waals surface area contributed by atoms with Gasteiger partial charge in [0.05, 0.1) is 19.1 Å². The van der Waals surface area contributed by atoms with Crippen LogP contribution in [0.4, 0.5) is 0 Å². The van der Waals surface area contributed by atoms with Crippen molar-refractivity contribution in [2.45, 2.75) is 19.8 Å². The first kappa shape index (κ1) is 13.1. The van der Waals surface area contributed by atoms with Gasteiger partial charge in [0.15, 0.2) is 0 Å². The first-order valence-electron chi connectivity index (χ1n) is 5.22. The Morgan fingerprint density at radius 1 is 1.18 bits per heavy atom. The minimum Gasteiger partial charge on any atom is -0.465 e. The molecular weight excluding hydrogens is 220 g/mol. The molecule has 0 saturated heterocycles. The fourth-order valence-electron chi connectivity index (χ4n) is 1.54. The van der Waals surface area contributed by atoms with Crippen molar-refractivity contribution in [3.8, 4) is 0 Å². The van der Waals surface area contributed by atoms with Crippen LogP contribution in [0.3, 0.4) is 0 Å². The fourth-order valence-corrected chi connectivity index (χ4v) is 1.54. The first-order valence-corrected chi connectivity index (χ1v) is 5.22. The molecule has 1 rings (SSSR count). The summed E-state index contributed by atoms with van der Waals surface area (Å²) < 4.78 is 4.62. The van der Waals surface area contributed by atoms with E-state index in [0.29, 0.717) is 11.1 Å². The molecule has 0 fully saturated rings. The zero-order chi connectivity index (χ0) is 12.8. The zero-order valence-corrected chi connectivity index (χ0v) is 9.86. The molecule has 0 heterocycles. The monoisotopic (exact) mass is 234 g/mol. The number of hydrogen-bond acceptors (Lipinski definition) is 4. The van der Waals surface area contributed by atoms with E-state index in [-0.39, 0.29) is 24.4 Å². The smallest absolute Gasteiger partial charge is 0.338 e. The summed E-state index contributed by atoms with van der Waals surface area (Å²) in [6.07, 6.45) is -0.0274. The Bertz CT molecular complexity index is 448. The van der Waals surface area contributed by atoms with Crippen molar-refractivity contribution in [2.75, 3.05) is 7.11 Å². The van der Waals surface area contributed by atoms with Crippen molar-refractivity contribution >= 4 is 17.5 Å². The quantitative estimate of drug-likeness (QED) is 0.573. The minimum atomic E-state index is -0.476. The topological polar surface area (TPSA) is 60.4 Å². The van der Waals surface area contributed by atoms with E-state index < -0.39 is 5.97 Å². The number of hydrogen-bond donors (Lipinski definition) is 0. The van der Waals surface area contributed by atoms with Crippen LogP contribution in [0, 0.1) is 0 Å². The second kappa shape index (κ2) is 5.94. The molecule has 4 nitrogen and oxygen atoms in total. The van der Waals surface area contributed by atoms with Gasteiger partial charge in [-0.2, -0.15) is 0 Å². The van der Waals surface area contributed by atoms with Crippen LogP contribution in [0.5, 0.6) is 0 Å². The molecular formula is C13H14O4. The molecule has 0 unspecified atom stereocenters. The second-order valence-corrected chi connectivity index (χ2v) is 3.74. The van der Waals surface area contributed by atoms with Crippen LogP contribution in [-0.4, -0.2) is 24.6 Å². The molecule has 4 heteroatoms. The van der Waals surface area contributed by atoms with Crippen molar-refractivity contribution in [1.82, 2.24) is 0 Å². The molecule has 0 N–H and O–H groups in total. The lowest BCUT2D eigenvalue weighted by molar-refractivity contribution is -0.125. The second-order valence-electron chi connectivity index (χ2n) is 3.74. The highest BCUT2D eigenvalue weighted by atomic mass is 16.5. The molecule has 0 amide bonds. The molecule has 0 radical (unpaired) electrons. The Balaban J connectivity index is 2.87. The van der Waals surface area contributed by atoms with Gasteiger partial charge in [-0.1, -0.05) is 18.2 Å². The van der Waals surface area contributed by atoms with Gasteiger partial charge in [0, 0.05) is 6.42 Å². The number of esters is 1. The Morgan fingerprint density at radius 2 is 1.82 bits per heavy atom. The van der Waals surface area contributed by atoms with Crippen molar-refractivity contribution in [2.24, 2.45) is 0 Å². The lowest BCUT2D eigenvalue weighted by atomic mass is 10.0. The number of rotatable bonds is 5. The number of carbonyl (C=O) groups excluding carboxylic acids is 3. The highest BCUT2D eigenvalue weighted by Crippen LogP contribution is 2.12. The van der Waals surface area contributed by atoms with Crippen molar-refractivity contribution < 1.29 is 19.1 Å². The van der Waals surface area contributed by atoms with Crippen LogP contribution >= 0.6 is 0 Å². The average molecular weight is 234 g/mol. The summed E-state index contributed by atoms with van der Waals surface area (Å²) in [6, 6.07) is 6.72. The molecule has 0 aliphatic heterocycles. The Hall–Kier alpha value is -1.97. The third kappa shape index (κ3) is 3.83. The summed E-state index contributed by atoms with van der Waals surface area (Å²) in [5.41, 5.74) is 0.956. The van der Waals surface area contributed by atoms with Crippen molar-refractivity contribution in [3.63, 3.8) is 0 Å². The largest absolute Gasteiger partial charge is 0.465 e. The van der Waals surface area contributed by atoms with Crippen LogP contribution in [-0.2, 0) is 20.7 Å². The molecule has 90 valence electrons. The third-order valence-corrected chi connectivity index (χ3v) is 2.26. The maximum atomic E-state index is 11.5. The van der Waals surface area contributed by atoms with Gasteiger partial charge >= 0.3 is 5.97 Å². The summed E-state index contributed by atoms with van der Waals surface area (Å²) in [5, 5.41) is 0. The summed E-state index contributed by atoms with van der Waals surface area (Å²) in [4.78, 5) is 33.8. The lowest BCUT2D eigenvalue weighted by Crippen LogP contribution is -2.12. The summed E-state index contributed by atoms with van der Waals surface area (Å²) >= 11 is 0. The summed E-state index contributed by atoms with van der Waals surface area (Å²) in [7, 11) is 1.29. The zero-order valence-electron chi connectivity index (χ0n) is 9.86. The maximum absolute atomic E-state index is 11.5. The minimum absolute atomic E-state index is 0.0743. The third-order valence-electron chi connectivity index (χ3n) is 2.26. The number of ether oxygens (including phenoxy) is 1. The molecule has 0 aliphatic rings. The van der Waals surface area contributed by atoms with Gasteiger partial charge in [-0.15, -0.1) is 0 Å². The molecule has 1 aromatic rings. The normalized spacial score (nSPS) is 9.76. The van der Waals surface area contributed by atoms with Crippen molar-refractivity contribution in [3.05, 3.63) is 35.4 Å². The standard InChI is InChI=1S/C13H14O4/c1-9(14)7-11(15)8-10-5-3-4-6-12(10)13(16)17-2/h3-6H,7-8H2,1-2H3. The number of benzene rings is 1. The van der Waals surface area contributed by atoms with E-state index in [4.69, 9.17) is 0 Å². The van der Waals surface area contributed by atoms with Gasteiger partial charge in [-0.25, -0.2) is 4.79 Å². The van der Waals surface area contributed by atoms with Gasteiger partial charge in [-0.05, 0) is 18.6 Å². The number of carbonyl (C=O) groups is 3. The van der Waals surface area contributed by atoms with Crippen LogP contribution < -0.4 is 0 Å². The predicted molar refractivity (Wildman–Crippen MR) is 61.8 cm³/mol. The fraction of sp³-hybridized carbons (Fsp3) is 0.308.